The number of benzene rings is 2. The van der Waals surface area contributed by atoms with Crippen LogP contribution >= 0.6 is 35.1 Å². The van der Waals surface area contributed by atoms with Crippen LogP contribution in [0.2, 0.25) is 5.02 Å². The van der Waals surface area contributed by atoms with E-state index in [0.717, 1.165) is 26.5 Å². The van der Waals surface area contributed by atoms with Gasteiger partial charge < -0.3 is 5.32 Å². The molecule has 0 unspecified atom stereocenters. The molecule has 23 heavy (non-hydrogen) atoms. The van der Waals surface area contributed by atoms with Crippen molar-refractivity contribution in [3.05, 3.63) is 64.7 Å². The number of anilines is 1. The number of hydrogen-bond acceptors (Lipinski definition) is 5. The van der Waals surface area contributed by atoms with Crippen LogP contribution in [0.3, 0.4) is 0 Å². The Balaban J connectivity index is 1.48. The molecule has 116 valence electrons. The predicted octanol–water partition coefficient (Wildman–Crippen LogP) is 5.01. The first-order valence-corrected chi connectivity index (χ1v) is 9.40. The number of rotatable bonds is 2. The average molecular weight is 360 g/mol. The first-order valence-electron chi connectivity index (χ1n) is 7.26. The molecule has 0 aromatic heterocycles. The highest BCUT2D eigenvalue weighted by molar-refractivity contribution is 8.31. The fraction of sp³-hybridized carbons (Fsp3) is 0.176. The summed E-state index contributed by atoms with van der Waals surface area (Å²) in [6.45, 7) is 2.08. The van der Waals surface area contributed by atoms with Gasteiger partial charge in [0.25, 0.3) is 0 Å². The summed E-state index contributed by atoms with van der Waals surface area (Å²) >= 11 is 9.45. The molecular formula is C17H14ClN3S2. The van der Waals surface area contributed by atoms with Gasteiger partial charge in [0.2, 0.25) is 0 Å². The normalized spacial score (nSPS) is 22.5. The number of aliphatic imine (C=N–C) groups is 2. The van der Waals surface area contributed by atoms with Gasteiger partial charge in [-0.25, -0.2) is 9.98 Å². The van der Waals surface area contributed by atoms with E-state index < -0.39 is 0 Å². The largest absolute Gasteiger partial charge is 0.335 e. The standard InChI is InChI=1S/C17H14ClN3S2/c1-10-2-8-13(9-3-10)19-17-21-14-16(23-17)22-15(20-14)11-4-6-12(18)7-5-11/h2-9,14,16H,1H3,(H,19,21)/t14-,16-/m0/s1. The van der Waals surface area contributed by atoms with E-state index >= 15 is 0 Å². The van der Waals surface area contributed by atoms with Crippen LogP contribution in [0.1, 0.15) is 11.1 Å². The number of thioether (sulfide) groups is 2. The van der Waals surface area contributed by atoms with E-state index in [1.807, 2.05) is 24.3 Å². The van der Waals surface area contributed by atoms with Crippen LogP contribution in [0.15, 0.2) is 58.5 Å². The summed E-state index contributed by atoms with van der Waals surface area (Å²) in [4.78, 5) is 9.44. The van der Waals surface area contributed by atoms with Gasteiger partial charge in [-0.1, -0.05) is 65.0 Å². The maximum atomic E-state index is 5.94. The molecule has 4 rings (SSSR count). The molecule has 0 fully saturated rings. The number of hydrogen-bond donors (Lipinski definition) is 1. The van der Waals surface area contributed by atoms with Crippen molar-refractivity contribution in [1.29, 1.82) is 0 Å². The summed E-state index contributed by atoms with van der Waals surface area (Å²) in [5.41, 5.74) is 3.42. The number of aryl methyl sites for hydroxylation is 1. The maximum Gasteiger partial charge on any atom is 0.165 e. The smallest absolute Gasteiger partial charge is 0.165 e. The minimum Gasteiger partial charge on any atom is -0.335 e. The first kappa shape index (κ1) is 15.1. The molecule has 0 spiro atoms. The van der Waals surface area contributed by atoms with E-state index in [1.165, 1.54) is 5.56 Å². The molecule has 2 aliphatic heterocycles. The van der Waals surface area contributed by atoms with Crippen LogP contribution in [-0.4, -0.2) is 21.0 Å². The lowest BCUT2D eigenvalue weighted by Crippen LogP contribution is -2.06. The molecule has 2 aromatic carbocycles. The summed E-state index contributed by atoms with van der Waals surface area (Å²) < 4.78 is 0.314. The third-order valence-corrected chi connectivity index (χ3v) is 6.37. The average Bonchev–Trinajstić information content (AvgIpc) is 3.09. The van der Waals surface area contributed by atoms with Gasteiger partial charge in [0, 0.05) is 16.3 Å². The Hall–Kier alpha value is -1.43. The van der Waals surface area contributed by atoms with Gasteiger partial charge in [0.15, 0.2) is 11.3 Å². The van der Waals surface area contributed by atoms with Crippen molar-refractivity contribution in [2.45, 2.75) is 17.7 Å². The first-order chi connectivity index (χ1) is 11.2. The molecule has 0 bridgehead atoms. The van der Waals surface area contributed by atoms with Crippen LogP contribution < -0.4 is 5.32 Å². The van der Waals surface area contributed by atoms with Crippen LogP contribution in [0.5, 0.6) is 0 Å². The zero-order valence-electron chi connectivity index (χ0n) is 12.4. The Kier molecular flexibility index (Phi) is 4.09. The van der Waals surface area contributed by atoms with Crippen molar-refractivity contribution >= 4 is 51.0 Å². The molecule has 6 heteroatoms. The van der Waals surface area contributed by atoms with E-state index in [-0.39, 0.29) is 6.17 Å². The minimum absolute atomic E-state index is 0.0105. The minimum atomic E-state index is -0.0105. The number of fused-ring (bicyclic) bond motifs is 1. The van der Waals surface area contributed by atoms with Crippen molar-refractivity contribution in [2.24, 2.45) is 9.98 Å². The molecule has 0 saturated heterocycles. The van der Waals surface area contributed by atoms with Crippen molar-refractivity contribution in [3.8, 4) is 0 Å². The van der Waals surface area contributed by atoms with E-state index in [4.69, 9.17) is 21.6 Å². The third kappa shape index (κ3) is 3.27. The predicted molar refractivity (Wildman–Crippen MR) is 103 cm³/mol. The fourth-order valence-corrected chi connectivity index (χ4v) is 4.95. The highest BCUT2D eigenvalue weighted by Gasteiger charge is 2.37. The molecule has 0 amide bonds. The summed E-state index contributed by atoms with van der Waals surface area (Å²) in [7, 11) is 0. The molecule has 2 aliphatic rings. The van der Waals surface area contributed by atoms with Crippen LogP contribution in [0.4, 0.5) is 5.69 Å². The summed E-state index contributed by atoms with van der Waals surface area (Å²) in [6, 6.07) is 16.1. The monoisotopic (exact) mass is 359 g/mol. The Morgan fingerprint density at radius 3 is 2.39 bits per heavy atom. The van der Waals surface area contributed by atoms with Crippen molar-refractivity contribution in [3.63, 3.8) is 0 Å². The number of nitrogens with one attached hydrogen (secondary N) is 1. The molecule has 0 aliphatic carbocycles. The van der Waals surface area contributed by atoms with Crippen molar-refractivity contribution in [1.82, 2.24) is 0 Å². The summed E-state index contributed by atoms with van der Waals surface area (Å²) in [6.07, 6.45) is -0.0105. The Bertz CT molecular complexity index is 784. The second kappa shape index (κ2) is 6.23. The number of nitrogens with zero attached hydrogens (tertiary/aromatic N) is 2. The van der Waals surface area contributed by atoms with Gasteiger partial charge in [-0.3, -0.25) is 0 Å². The SMILES string of the molecule is Cc1ccc(NC2=N[C@@H]3N=C(c4ccc(Cl)cc4)S[C@H]3S2)cc1. The van der Waals surface area contributed by atoms with Gasteiger partial charge in [-0.05, 0) is 31.2 Å². The zero-order valence-corrected chi connectivity index (χ0v) is 14.8. The van der Waals surface area contributed by atoms with E-state index in [1.54, 1.807) is 23.5 Å². The fourth-order valence-electron chi connectivity index (χ4n) is 2.37. The van der Waals surface area contributed by atoms with Gasteiger partial charge in [0.05, 0.1) is 0 Å². The number of halogens is 1. The van der Waals surface area contributed by atoms with Gasteiger partial charge in [0.1, 0.15) is 9.63 Å². The lowest BCUT2D eigenvalue weighted by molar-refractivity contribution is 0.809. The van der Waals surface area contributed by atoms with E-state index in [2.05, 4.69) is 36.5 Å². The summed E-state index contributed by atoms with van der Waals surface area (Å²) in [5.74, 6) is 0. The van der Waals surface area contributed by atoms with Crippen LogP contribution in [0.25, 0.3) is 0 Å². The molecule has 3 nitrogen and oxygen atoms in total. The second-order valence-corrected chi connectivity index (χ2v) is 8.38. The molecule has 1 N–H and O–H groups in total. The maximum absolute atomic E-state index is 5.94. The second-order valence-electron chi connectivity index (χ2n) is 5.38. The van der Waals surface area contributed by atoms with Gasteiger partial charge in [-0.15, -0.1) is 0 Å². The lowest BCUT2D eigenvalue weighted by Gasteiger charge is -2.07. The molecular weight excluding hydrogens is 346 g/mol. The molecule has 2 atom stereocenters. The quantitative estimate of drug-likeness (QED) is 0.818. The lowest BCUT2D eigenvalue weighted by atomic mass is 10.2. The van der Waals surface area contributed by atoms with Crippen LogP contribution in [0, 0.1) is 6.92 Å². The topological polar surface area (TPSA) is 36.8 Å². The van der Waals surface area contributed by atoms with Gasteiger partial charge in [-0.2, -0.15) is 0 Å². The third-order valence-electron chi connectivity index (χ3n) is 3.59. The Morgan fingerprint density at radius 2 is 1.70 bits per heavy atom. The van der Waals surface area contributed by atoms with Crippen molar-refractivity contribution < 1.29 is 0 Å². The Labute approximate surface area is 148 Å². The van der Waals surface area contributed by atoms with E-state index in [9.17, 15) is 0 Å². The molecule has 2 heterocycles. The van der Waals surface area contributed by atoms with Crippen molar-refractivity contribution in [2.75, 3.05) is 5.32 Å². The summed E-state index contributed by atoms with van der Waals surface area (Å²) in [5, 5.41) is 6.10. The van der Waals surface area contributed by atoms with Gasteiger partial charge >= 0.3 is 0 Å². The zero-order chi connectivity index (χ0) is 15.8. The molecule has 0 saturated carbocycles. The van der Waals surface area contributed by atoms with Crippen LogP contribution in [-0.2, 0) is 0 Å². The van der Waals surface area contributed by atoms with E-state index in [0.29, 0.717) is 4.58 Å². The molecule has 0 radical (unpaired) electrons. The highest BCUT2D eigenvalue weighted by atomic mass is 35.5. The molecule has 2 aromatic rings. The number of amidine groups is 1. The Morgan fingerprint density at radius 1 is 0.957 bits per heavy atom. The highest BCUT2D eigenvalue weighted by Crippen LogP contribution is 2.43.